The molecule has 1 saturated heterocycles. The molecule has 1 aromatic heterocycles. The molecule has 152 valence electrons. The Morgan fingerprint density at radius 1 is 1.18 bits per heavy atom. The minimum atomic E-state index is -3.71. The summed E-state index contributed by atoms with van der Waals surface area (Å²) in [6, 6.07) is 6.76. The van der Waals surface area contributed by atoms with Crippen molar-refractivity contribution in [3.63, 3.8) is 0 Å². The van der Waals surface area contributed by atoms with Gasteiger partial charge < -0.3 is 14.2 Å². The summed E-state index contributed by atoms with van der Waals surface area (Å²) in [5.41, 5.74) is 0.334. The van der Waals surface area contributed by atoms with Crippen LogP contribution in [0, 0.1) is 13.8 Å². The van der Waals surface area contributed by atoms with E-state index in [4.69, 9.17) is 20.9 Å². The van der Waals surface area contributed by atoms with Crippen LogP contribution in [-0.2, 0) is 14.8 Å². The Morgan fingerprint density at radius 3 is 2.32 bits per heavy atom. The smallest absolute Gasteiger partial charge is 0.263 e. The van der Waals surface area contributed by atoms with E-state index in [0.29, 0.717) is 16.5 Å². The van der Waals surface area contributed by atoms with Gasteiger partial charge in [0.25, 0.3) is 5.91 Å². The average molecular weight is 428 g/mol. The number of piperazine rings is 1. The zero-order chi connectivity index (χ0) is 20.5. The number of sulfonamides is 1. The summed E-state index contributed by atoms with van der Waals surface area (Å²) in [7, 11) is -3.71. The quantitative estimate of drug-likeness (QED) is 0.726. The van der Waals surface area contributed by atoms with Gasteiger partial charge in [0.15, 0.2) is 11.9 Å². The molecule has 10 heteroatoms. The van der Waals surface area contributed by atoms with E-state index in [1.807, 2.05) is 0 Å². The van der Waals surface area contributed by atoms with E-state index in [9.17, 15) is 13.2 Å². The number of ether oxygens (including phenoxy) is 1. The number of carbonyl (C=O) groups excluding carboxylic acids is 1. The number of aromatic nitrogens is 1. The molecule has 0 bridgehead atoms. The van der Waals surface area contributed by atoms with Gasteiger partial charge in [0.1, 0.15) is 16.3 Å². The number of carbonyl (C=O) groups is 1. The molecular weight excluding hydrogens is 406 g/mol. The van der Waals surface area contributed by atoms with E-state index < -0.39 is 16.1 Å². The third-order valence-electron chi connectivity index (χ3n) is 4.59. The molecule has 0 spiro atoms. The summed E-state index contributed by atoms with van der Waals surface area (Å²) in [5.74, 6) is 0.621. The Kier molecular flexibility index (Phi) is 5.97. The first-order valence-electron chi connectivity index (χ1n) is 8.84. The highest BCUT2D eigenvalue weighted by Crippen LogP contribution is 2.24. The zero-order valence-electron chi connectivity index (χ0n) is 15.9. The van der Waals surface area contributed by atoms with Crippen molar-refractivity contribution >= 4 is 27.5 Å². The molecule has 1 fully saturated rings. The van der Waals surface area contributed by atoms with Crippen LogP contribution < -0.4 is 4.74 Å². The summed E-state index contributed by atoms with van der Waals surface area (Å²) < 4.78 is 37.7. The van der Waals surface area contributed by atoms with Gasteiger partial charge in [0, 0.05) is 31.2 Å². The predicted molar refractivity (Wildman–Crippen MR) is 103 cm³/mol. The molecule has 1 aliphatic heterocycles. The number of amides is 1. The Morgan fingerprint density at radius 2 is 1.79 bits per heavy atom. The van der Waals surface area contributed by atoms with E-state index >= 15 is 0 Å². The van der Waals surface area contributed by atoms with Gasteiger partial charge in [-0.2, -0.15) is 4.31 Å². The molecule has 8 nitrogen and oxygen atoms in total. The van der Waals surface area contributed by atoms with Crippen LogP contribution in [0.1, 0.15) is 18.4 Å². The second-order valence-corrected chi connectivity index (χ2v) is 8.91. The van der Waals surface area contributed by atoms with Gasteiger partial charge in [0.2, 0.25) is 10.0 Å². The second-order valence-electron chi connectivity index (χ2n) is 6.60. The van der Waals surface area contributed by atoms with Gasteiger partial charge >= 0.3 is 0 Å². The molecule has 2 aromatic rings. The average Bonchev–Trinajstić information content (AvgIpc) is 3.02. The number of nitrogens with zero attached hydrogens (tertiary/aromatic N) is 3. The minimum absolute atomic E-state index is 0.103. The lowest BCUT2D eigenvalue weighted by Gasteiger charge is -2.35. The minimum Gasteiger partial charge on any atom is -0.481 e. The van der Waals surface area contributed by atoms with Crippen LogP contribution in [0.2, 0.25) is 5.02 Å². The van der Waals surface area contributed by atoms with Gasteiger partial charge in [-0.25, -0.2) is 8.42 Å². The third kappa shape index (κ3) is 4.16. The number of halogens is 1. The Bertz CT molecular complexity index is 931. The van der Waals surface area contributed by atoms with Crippen LogP contribution >= 0.6 is 11.6 Å². The normalized spacial score (nSPS) is 16.8. The standard InChI is InChI=1S/C18H22ClN3O5S/c1-12-17(13(2)27-20-12)28(24,25)22-10-8-21(9-11-22)18(23)14(3)26-16-6-4-15(19)5-7-16/h4-7,14H,8-11H2,1-3H3. The predicted octanol–water partition coefficient (Wildman–Crippen LogP) is 2.25. The molecule has 28 heavy (non-hydrogen) atoms. The summed E-state index contributed by atoms with van der Waals surface area (Å²) in [6.07, 6.45) is -0.688. The number of aryl methyl sites for hydroxylation is 2. The number of hydrogen-bond acceptors (Lipinski definition) is 6. The molecule has 0 aliphatic carbocycles. The number of benzene rings is 1. The van der Waals surface area contributed by atoms with E-state index in [-0.39, 0.29) is 42.7 Å². The molecule has 1 aromatic carbocycles. The highest BCUT2D eigenvalue weighted by atomic mass is 35.5. The fourth-order valence-corrected chi connectivity index (χ4v) is 4.98. The summed E-state index contributed by atoms with van der Waals surface area (Å²) >= 11 is 5.85. The lowest BCUT2D eigenvalue weighted by Crippen LogP contribution is -2.53. The largest absolute Gasteiger partial charge is 0.481 e. The Balaban J connectivity index is 1.61. The van der Waals surface area contributed by atoms with Crippen LogP contribution in [0.25, 0.3) is 0 Å². The lowest BCUT2D eigenvalue weighted by molar-refractivity contribution is -0.139. The van der Waals surface area contributed by atoms with Gasteiger partial charge in [0.05, 0.1) is 0 Å². The van der Waals surface area contributed by atoms with Gasteiger partial charge in [-0.15, -0.1) is 0 Å². The van der Waals surface area contributed by atoms with Crippen molar-refractivity contribution in [3.8, 4) is 5.75 Å². The molecule has 3 rings (SSSR count). The third-order valence-corrected chi connectivity index (χ3v) is 6.99. The maximum atomic E-state index is 12.9. The first-order valence-corrected chi connectivity index (χ1v) is 10.7. The molecule has 0 N–H and O–H groups in total. The molecule has 1 amide bonds. The van der Waals surface area contributed by atoms with Gasteiger partial charge in [-0.1, -0.05) is 16.8 Å². The van der Waals surface area contributed by atoms with Crippen molar-refractivity contribution < 1.29 is 22.5 Å². The van der Waals surface area contributed by atoms with Crippen LogP contribution in [0.5, 0.6) is 5.75 Å². The molecule has 0 saturated carbocycles. The molecule has 1 atom stereocenters. The Labute approximate surface area is 169 Å². The number of rotatable bonds is 5. The van der Waals surface area contributed by atoms with E-state index in [2.05, 4.69) is 5.16 Å². The molecule has 1 aliphatic rings. The van der Waals surface area contributed by atoms with Crippen molar-refractivity contribution in [2.75, 3.05) is 26.2 Å². The summed E-state index contributed by atoms with van der Waals surface area (Å²) in [6.45, 7) is 5.81. The first kappa shape index (κ1) is 20.6. The summed E-state index contributed by atoms with van der Waals surface area (Å²) in [4.78, 5) is 14.4. The number of hydrogen-bond donors (Lipinski definition) is 0. The van der Waals surface area contributed by atoms with Crippen molar-refractivity contribution in [1.82, 2.24) is 14.4 Å². The maximum Gasteiger partial charge on any atom is 0.263 e. The van der Waals surface area contributed by atoms with Gasteiger partial charge in [-0.05, 0) is 45.0 Å². The lowest BCUT2D eigenvalue weighted by atomic mass is 10.2. The van der Waals surface area contributed by atoms with Gasteiger partial charge in [-0.3, -0.25) is 4.79 Å². The fourth-order valence-electron chi connectivity index (χ4n) is 3.15. The zero-order valence-corrected chi connectivity index (χ0v) is 17.5. The molecule has 2 heterocycles. The topological polar surface area (TPSA) is 93.0 Å². The van der Waals surface area contributed by atoms with E-state index in [1.54, 1.807) is 49.9 Å². The van der Waals surface area contributed by atoms with Crippen molar-refractivity contribution in [2.45, 2.75) is 31.8 Å². The first-order chi connectivity index (χ1) is 13.2. The fraction of sp³-hybridized carbons (Fsp3) is 0.444. The highest BCUT2D eigenvalue weighted by molar-refractivity contribution is 7.89. The van der Waals surface area contributed by atoms with Crippen LogP contribution in [-0.4, -0.2) is 61.0 Å². The molecule has 0 radical (unpaired) electrons. The van der Waals surface area contributed by atoms with Crippen molar-refractivity contribution in [3.05, 3.63) is 40.7 Å². The van der Waals surface area contributed by atoms with Crippen LogP contribution in [0.4, 0.5) is 0 Å². The SMILES string of the molecule is Cc1noc(C)c1S(=O)(=O)N1CCN(C(=O)C(C)Oc2ccc(Cl)cc2)CC1. The van der Waals surface area contributed by atoms with E-state index in [1.165, 1.54) is 4.31 Å². The van der Waals surface area contributed by atoms with Crippen LogP contribution in [0.15, 0.2) is 33.7 Å². The molecular formula is C18H22ClN3O5S. The van der Waals surface area contributed by atoms with Crippen molar-refractivity contribution in [1.29, 1.82) is 0 Å². The highest BCUT2D eigenvalue weighted by Gasteiger charge is 2.35. The maximum absolute atomic E-state index is 12.9. The Hall–Kier alpha value is -2.10. The van der Waals surface area contributed by atoms with E-state index in [0.717, 1.165) is 0 Å². The second kappa shape index (κ2) is 8.10. The summed E-state index contributed by atoms with van der Waals surface area (Å²) in [5, 5.41) is 4.30. The van der Waals surface area contributed by atoms with Crippen LogP contribution in [0.3, 0.4) is 0 Å². The monoisotopic (exact) mass is 427 g/mol. The molecule has 1 unspecified atom stereocenters. The van der Waals surface area contributed by atoms with Crippen molar-refractivity contribution in [2.24, 2.45) is 0 Å².